The number of nitrogens with one attached hydrogen (secondary N) is 2. The lowest BCUT2D eigenvalue weighted by Crippen LogP contribution is -2.41. The van der Waals surface area contributed by atoms with Crippen molar-refractivity contribution in [2.45, 2.75) is 13.0 Å². The summed E-state index contributed by atoms with van der Waals surface area (Å²) in [5.41, 5.74) is 1.20. The van der Waals surface area contributed by atoms with Crippen LogP contribution in [0.4, 0.5) is 4.79 Å². The highest BCUT2D eigenvalue weighted by atomic mass is 16.5. The number of benzene rings is 1. The normalized spacial score (nSPS) is 10.5. The molecule has 2 N–H and O–H groups in total. The summed E-state index contributed by atoms with van der Waals surface area (Å²) < 4.78 is 20.5. The topological polar surface area (TPSA) is 120 Å². The number of esters is 1. The van der Waals surface area contributed by atoms with Crippen molar-refractivity contribution in [2.75, 3.05) is 13.7 Å². The third kappa shape index (κ3) is 4.91. The van der Waals surface area contributed by atoms with Crippen LogP contribution in [0, 0.1) is 0 Å². The summed E-state index contributed by atoms with van der Waals surface area (Å²) in [6.07, 6.45) is 2.85. The first-order chi connectivity index (χ1) is 13.5. The molecule has 3 amide bonds. The number of furan rings is 2. The Hall–Kier alpha value is -3.75. The predicted octanol–water partition coefficient (Wildman–Crippen LogP) is 2.15. The zero-order valence-corrected chi connectivity index (χ0v) is 15.0. The Balaban J connectivity index is 1.43. The van der Waals surface area contributed by atoms with Crippen LogP contribution in [-0.2, 0) is 27.3 Å². The van der Waals surface area contributed by atoms with Crippen LogP contribution in [0.1, 0.15) is 11.3 Å². The number of methoxy groups -OCH3 is 1. The SMILES string of the molecule is COc1ccc2c(CC(=O)OCC(=O)NC(=O)NCc3ccco3)coc2c1. The van der Waals surface area contributed by atoms with Crippen molar-refractivity contribution < 1.29 is 32.7 Å². The third-order valence-corrected chi connectivity index (χ3v) is 3.82. The second-order valence-corrected chi connectivity index (χ2v) is 5.77. The van der Waals surface area contributed by atoms with Gasteiger partial charge < -0.3 is 23.6 Å². The smallest absolute Gasteiger partial charge is 0.321 e. The summed E-state index contributed by atoms with van der Waals surface area (Å²) in [5.74, 6) is -0.186. The first kappa shape index (κ1) is 19.0. The number of carbonyl (C=O) groups is 3. The lowest BCUT2D eigenvalue weighted by Gasteiger charge is -2.06. The van der Waals surface area contributed by atoms with Crippen LogP contribution in [0.2, 0.25) is 0 Å². The van der Waals surface area contributed by atoms with Gasteiger partial charge in [-0.25, -0.2) is 4.79 Å². The molecule has 0 radical (unpaired) electrons. The van der Waals surface area contributed by atoms with E-state index >= 15 is 0 Å². The van der Waals surface area contributed by atoms with Crippen molar-refractivity contribution in [3.63, 3.8) is 0 Å². The second kappa shape index (κ2) is 8.76. The molecule has 0 fully saturated rings. The van der Waals surface area contributed by atoms with Gasteiger partial charge in [-0.3, -0.25) is 14.9 Å². The molecule has 0 bridgehead atoms. The number of rotatable bonds is 7. The number of urea groups is 1. The second-order valence-electron chi connectivity index (χ2n) is 5.77. The Labute approximate surface area is 159 Å². The van der Waals surface area contributed by atoms with Gasteiger partial charge in [-0.15, -0.1) is 0 Å². The van der Waals surface area contributed by atoms with E-state index in [4.69, 9.17) is 18.3 Å². The molecule has 1 aromatic carbocycles. The van der Waals surface area contributed by atoms with Crippen LogP contribution in [0.5, 0.6) is 5.75 Å². The number of ether oxygens (including phenoxy) is 2. The van der Waals surface area contributed by atoms with E-state index in [-0.39, 0.29) is 13.0 Å². The molecule has 28 heavy (non-hydrogen) atoms. The fraction of sp³-hybridized carbons (Fsp3) is 0.211. The van der Waals surface area contributed by atoms with Gasteiger partial charge in [0.2, 0.25) is 0 Å². The highest BCUT2D eigenvalue weighted by Gasteiger charge is 2.15. The van der Waals surface area contributed by atoms with Crippen LogP contribution in [-0.4, -0.2) is 31.6 Å². The van der Waals surface area contributed by atoms with Crippen molar-refractivity contribution in [3.05, 3.63) is 54.2 Å². The van der Waals surface area contributed by atoms with Gasteiger partial charge >= 0.3 is 12.0 Å². The van der Waals surface area contributed by atoms with Crippen LogP contribution in [0.3, 0.4) is 0 Å². The van der Waals surface area contributed by atoms with E-state index < -0.39 is 24.5 Å². The average Bonchev–Trinajstić information content (AvgIpc) is 3.34. The molecule has 0 unspecified atom stereocenters. The zero-order chi connectivity index (χ0) is 19.9. The minimum atomic E-state index is -0.743. The molecule has 9 nitrogen and oxygen atoms in total. The maximum Gasteiger partial charge on any atom is 0.321 e. The molecule has 0 spiro atoms. The number of hydrogen-bond acceptors (Lipinski definition) is 7. The summed E-state index contributed by atoms with van der Waals surface area (Å²) in [4.78, 5) is 35.3. The Bertz CT molecular complexity index is 976. The van der Waals surface area contributed by atoms with E-state index in [1.165, 1.54) is 12.5 Å². The molecule has 0 saturated carbocycles. The number of amides is 3. The summed E-state index contributed by atoms with van der Waals surface area (Å²) in [5, 5.41) is 5.25. The molecule has 0 aliphatic carbocycles. The van der Waals surface area contributed by atoms with Crippen LogP contribution < -0.4 is 15.4 Å². The van der Waals surface area contributed by atoms with Gasteiger partial charge in [0.1, 0.15) is 17.1 Å². The highest BCUT2D eigenvalue weighted by Crippen LogP contribution is 2.26. The van der Waals surface area contributed by atoms with E-state index in [2.05, 4.69) is 10.6 Å². The monoisotopic (exact) mass is 386 g/mol. The molecule has 2 heterocycles. The Morgan fingerprint density at radius 2 is 2.00 bits per heavy atom. The van der Waals surface area contributed by atoms with Gasteiger partial charge in [-0.1, -0.05) is 0 Å². The minimum Gasteiger partial charge on any atom is -0.497 e. The van der Waals surface area contributed by atoms with Crippen molar-refractivity contribution in [3.8, 4) is 5.75 Å². The van der Waals surface area contributed by atoms with E-state index in [1.807, 2.05) is 0 Å². The average molecular weight is 386 g/mol. The van der Waals surface area contributed by atoms with Crippen LogP contribution >= 0.6 is 0 Å². The Morgan fingerprint density at radius 1 is 1.14 bits per heavy atom. The van der Waals surface area contributed by atoms with Gasteiger partial charge in [-0.05, 0) is 24.3 Å². The maximum atomic E-state index is 12.0. The standard InChI is InChI=1S/C19H18N2O7/c1-25-13-4-5-15-12(10-27-16(15)8-13)7-18(23)28-11-17(22)21-19(24)20-9-14-3-2-6-26-14/h2-6,8,10H,7,9,11H2,1H3,(H2,20,21,22,24). The van der Waals surface area contributed by atoms with Crippen molar-refractivity contribution in [1.82, 2.24) is 10.6 Å². The molecular formula is C19H18N2O7. The summed E-state index contributed by atoms with van der Waals surface area (Å²) in [6.45, 7) is -0.444. The van der Waals surface area contributed by atoms with Crippen molar-refractivity contribution >= 4 is 28.9 Å². The van der Waals surface area contributed by atoms with E-state index in [0.29, 0.717) is 22.7 Å². The molecule has 3 aromatic rings. The Kier molecular flexibility index (Phi) is 5.95. The van der Waals surface area contributed by atoms with E-state index in [9.17, 15) is 14.4 Å². The van der Waals surface area contributed by atoms with Gasteiger partial charge in [-0.2, -0.15) is 0 Å². The third-order valence-electron chi connectivity index (χ3n) is 3.82. The van der Waals surface area contributed by atoms with E-state index in [0.717, 1.165) is 5.39 Å². The molecule has 9 heteroatoms. The molecule has 146 valence electrons. The predicted molar refractivity (Wildman–Crippen MR) is 96.5 cm³/mol. The summed E-state index contributed by atoms with van der Waals surface area (Å²) >= 11 is 0. The zero-order valence-electron chi connectivity index (χ0n) is 15.0. The number of hydrogen-bond donors (Lipinski definition) is 2. The molecule has 0 atom stereocenters. The Morgan fingerprint density at radius 3 is 2.75 bits per heavy atom. The first-order valence-electron chi connectivity index (χ1n) is 8.35. The maximum absolute atomic E-state index is 12.0. The van der Waals surface area contributed by atoms with Gasteiger partial charge in [0, 0.05) is 17.0 Å². The number of carbonyl (C=O) groups excluding carboxylic acids is 3. The highest BCUT2D eigenvalue weighted by molar-refractivity contribution is 5.95. The largest absolute Gasteiger partial charge is 0.497 e. The van der Waals surface area contributed by atoms with E-state index in [1.54, 1.807) is 37.4 Å². The lowest BCUT2D eigenvalue weighted by atomic mass is 10.1. The van der Waals surface area contributed by atoms with Crippen LogP contribution in [0.25, 0.3) is 11.0 Å². The molecule has 3 rings (SSSR count). The van der Waals surface area contributed by atoms with Crippen molar-refractivity contribution in [1.29, 1.82) is 0 Å². The van der Waals surface area contributed by atoms with Gasteiger partial charge in [0.25, 0.3) is 5.91 Å². The van der Waals surface area contributed by atoms with Crippen molar-refractivity contribution in [2.24, 2.45) is 0 Å². The number of fused-ring (bicyclic) bond motifs is 1. The quantitative estimate of drug-likeness (QED) is 0.597. The first-order valence-corrected chi connectivity index (χ1v) is 8.35. The van der Waals surface area contributed by atoms with Gasteiger partial charge in [0.15, 0.2) is 6.61 Å². The fourth-order valence-corrected chi connectivity index (χ4v) is 2.47. The lowest BCUT2D eigenvalue weighted by molar-refractivity contribution is -0.147. The van der Waals surface area contributed by atoms with Crippen LogP contribution in [0.15, 0.2) is 51.7 Å². The van der Waals surface area contributed by atoms with Gasteiger partial charge in [0.05, 0.1) is 32.6 Å². The summed E-state index contributed by atoms with van der Waals surface area (Å²) in [6, 6.07) is 7.88. The minimum absolute atomic E-state index is 0.0721. The number of imide groups is 1. The molecule has 0 aliphatic rings. The summed E-state index contributed by atoms with van der Waals surface area (Å²) in [7, 11) is 1.55. The molecule has 2 aromatic heterocycles. The molecule has 0 aliphatic heterocycles. The molecule has 0 saturated heterocycles. The fourth-order valence-electron chi connectivity index (χ4n) is 2.47. The molecular weight excluding hydrogens is 368 g/mol.